The van der Waals surface area contributed by atoms with Gasteiger partial charge < -0.3 is 9.57 Å². The van der Waals surface area contributed by atoms with E-state index in [1.54, 1.807) is 0 Å². The Balaban J connectivity index is 2.62. The summed E-state index contributed by atoms with van der Waals surface area (Å²) in [5, 5.41) is 4.05. The van der Waals surface area contributed by atoms with Crippen LogP contribution in [-0.4, -0.2) is 24.1 Å². The smallest absolute Gasteiger partial charge is 0.316 e. The van der Waals surface area contributed by atoms with E-state index in [9.17, 15) is 4.79 Å². The summed E-state index contributed by atoms with van der Waals surface area (Å²) in [6.45, 7) is 2.15. The van der Waals surface area contributed by atoms with Crippen molar-refractivity contribution in [2.24, 2.45) is 5.16 Å². The lowest BCUT2D eigenvalue weighted by Gasteiger charge is -2.04. The number of oxime groups is 1. The molecule has 17 heavy (non-hydrogen) atoms. The van der Waals surface area contributed by atoms with Crippen molar-refractivity contribution in [1.82, 2.24) is 0 Å². The molecule has 0 saturated carbocycles. The summed E-state index contributed by atoms with van der Waals surface area (Å²) in [5.41, 5.74) is 2.71. The lowest BCUT2D eigenvalue weighted by Crippen LogP contribution is -2.05. The fourth-order valence-corrected chi connectivity index (χ4v) is 1.40. The van der Waals surface area contributed by atoms with Crippen LogP contribution >= 0.6 is 15.9 Å². The molecular weight excluding hydrogens is 286 g/mol. The summed E-state index contributed by atoms with van der Waals surface area (Å²) < 4.78 is 4.98. The molecule has 0 heterocycles. The van der Waals surface area contributed by atoms with Crippen LogP contribution in [0.5, 0.6) is 0 Å². The van der Waals surface area contributed by atoms with E-state index in [1.165, 1.54) is 7.11 Å². The molecule has 1 rings (SSSR count). The molecule has 0 fully saturated rings. The second-order valence-corrected chi connectivity index (χ2v) is 3.91. The van der Waals surface area contributed by atoms with Gasteiger partial charge in [0.25, 0.3) is 0 Å². The second kappa shape index (κ2) is 7.06. The van der Waals surface area contributed by atoms with Gasteiger partial charge in [0.15, 0.2) is 0 Å². The van der Waals surface area contributed by atoms with Crippen LogP contribution in [-0.2, 0) is 21.0 Å². The molecule has 0 radical (unpaired) electrons. The molecule has 0 amide bonds. The molecule has 0 aliphatic rings. The van der Waals surface area contributed by atoms with Crippen LogP contribution in [0.25, 0.3) is 0 Å². The molecule has 0 bridgehead atoms. The third-order valence-electron chi connectivity index (χ3n) is 2.11. The highest BCUT2D eigenvalue weighted by Gasteiger charge is 2.02. The second-order valence-electron chi connectivity index (χ2n) is 3.35. The Morgan fingerprint density at radius 3 is 2.53 bits per heavy atom. The molecule has 5 heteroatoms. The monoisotopic (exact) mass is 299 g/mol. The number of esters is 1. The maximum atomic E-state index is 10.9. The third kappa shape index (κ3) is 4.56. The number of ether oxygens (including phenoxy) is 1. The molecule has 0 N–H and O–H groups in total. The van der Waals surface area contributed by atoms with Crippen LogP contribution in [0.2, 0.25) is 0 Å². The first kappa shape index (κ1) is 13.7. The van der Waals surface area contributed by atoms with Gasteiger partial charge in [-0.1, -0.05) is 45.4 Å². The van der Waals surface area contributed by atoms with Crippen molar-refractivity contribution in [3.05, 3.63) is 35.4 Å². The van der Waals surface area contributed by atoms with Crippen molar-refractivity contribution in [1.29, 1.82) is 0 Å². The average molecular weight is 300 g/mol. The average Bonchev–Trinajstić information content (AvgIpc) is 2.36. The van der Waals surface area contributed by atoms with Gasteiger partial charge in [-0.3, -0.25) is 4.79 Å². The Bertz CT molecular complexity index is 401. The van der Waals surface area contributed by atoms with Gasteiger partial charge in [-0.25, -0.2) is 0 Å². The van der Waals surface area contributed by atoms with Crippen LogP contribution in [0, 0.1) is 0 Å². The minimum absolute atomic E-state index is 0.213. The normalized spacial score (nSPS) is 11.1. The largest absolute Gasteiger partial charge is 0.460 e. The number of nitrogens with zero attached hydrogens (tertiary/aromatic N) is 1. The number of alkyl halides is 1. The molecular formula is C12H14BrNO3. The summed E-state index contributed by atoms with van der Waals surface area (Å²) in [6, 6.07) is 7.61. The van der Waals surface area contributed by atoms with E-state index >= 15 is 0 Å². The summed E-state index contributed by atoms with van der Waals surface area (Å²) in [7, 11) is 1.51. The molecule has 4 nitrogen and oxygen atoms in total. The zero-order valence-corrected chi connectivity index (χ0v) is 11.4. The van der Waals surface area contributed by atoms with Crippen LogP contribution in [0.3, 0.4) is 0 Å². The first-order chi connectivity index (χ1) is 8.17. The molecule has 1 aromatic carbocycles. The van der Waals surface area contributed by atoms with Crippen molar-refractivity contribution in [3.63, 3.8) is 0 Å². The van der Waals surface area contributed by atoms with Crippen molar-refractivity contribution < 1.29 is 14.4 Å². The van der Waals surface area contributed by atoms with Gasteiger partial charge in [-0.05, 0) is 18.1 Å². The Kier molecular flexibility index (Phi) is 5.69. The Morgan fingerprint density at radius 2 is 2.00 bits per heavy atom. The van der Waals surface area contributed by atoms with Crippen molar-refractivity contribution in [2.45, 2.75) is 13.5 Å². The standard InChI is InChI=1S/C12H14BrNO3/c1-9(14-16-2)11-5-3-10(4-6-11)8-17-12(15)7-13/h3-6H,7-8H2,1-2H3/b14-9-. The third-order valence-corrected chi connectivity index (χ3v) is 2.57. The van der Waals surface area contributed by atoms with Gasteiger partial charge in [-0.15, -0.1) is 0 Å². The summed E-state index contributed by atoms with van der Waals surface area (Å²) in [4.78, 5) is 15.6. The first-order valence-electron chi connectivity index (χ1n) is 5.06. The molecule has 0 aliphatic carbocycles. The zero-order chi connectivity index (χ0) is 12.7. The highest BCUT2D eigenvalue weighted by atomic mass is 79.9. The Hall–Kier alpha value is -1.36. The Labute approximate surface area is 109 Å². The predicted octanol–water partition coefficient (Wildman–Crippen LogP) is 2.50. The number of hydrogen-bond donors (Lipinski definition) is 0. The van der Waals surface area contributed by atoms with E-state index in [1.807, 2.05) is 31.2 Å². The number of rotatable bonds is 5. The van der Waals surface area contributed by atoms with Crippen LogP contribution < -0.4 is 0 Å². The van der Waals surface area contributed by atoms with Gasteiger partial charge >= 0.3 is 5.97 Å². The zero-order valence-electron chi connectivity index (χ0n) is 9.77. The van der Waals surface area contributed by atoms with Gasteiger partial charge in [0, 0.05) is 0 Å². The summed E-state index contributed by atoms with van der Waals surface area (Å²) in [5.74, 6) is -0.272. The molecule has 1 aromatic rings. The number of benzene rings is 1. The van der Waals surface area contributed by atoms with Crippen molar-refractivity contribution in [3.8, 4) is 0 Å². The number of halogens is 1. The SMILES string of the molecule is CO/N=C(/C)c1ccc(COC(=O)CBr)cc1. The fourth-order valence-electron chi connectivity index (χ4n) is 1.23. The quantitative estimate of drug-likeness (QED) is 0.363. The van der Waals surface area contributed by atoms with E-state index in [2.05, 4.69) is 21.1 Å². The van der Waals surface area contributed by atoms with Crippen molar-refractivity contribution >= 4 is 27.6 Å². The molecule has 0 atom stereocenters. The van der Waals surface area contributed by atoms with Crippen LogP contribution in [0.1, 0.15) is 18.1 Å². The number of carbonyl (C=O) groups is 1. The number of hydrogen-bond acceptors (Lipinski definition) is 4. The lowest BCUT2D eigenvalue weighted by atomic mass is 10.1. The van der Waals surface area contributed by atoms with Crippen molar-refractivity contribution in [2.75, 3.05) is 12.4 Å². The molecule has 0 spiro atoms. The van der Waals surface area contributed by atoms with Gasteiger partial charge in [0.1, 0.15) is 19.0 Å². The first-order valence-corrected chi connectivity index (χ1v) is 6.18. The number of carbonyl (C=O) groups excluding carboxylic acids is 1. The van der Waals surface area contributed by atoms with Gasteiger partial charge in [0.2, 0.25) is 0 Å². The molecule has 92 valence electrons. The van der Waals surface area contributed by atoms with E-state index in [0.29, 0.717) is 0 Å². The maximum absolute atomic E-state index is 10.9. The van der Waals surface area contributed by atoms with Gasteiger partial charge in [-0.2, -0.15) is 0 Å². The molecule has 0 saturated heterocycles. The van der Waals surface area contributed by atoms with E-state index in [0.717, 1.165) is 16.8 Å². The summed E-state index contributed by atoms with van der Waals surface area (Å²) in [6.07, 6.45) is 0. The minimum atomic E-state index is -0.272. The highest BCUT2D eigenvalue weighted by Crippen LogP contribution is 2.07. The molecule has 0 unspecified atom stereocenters. The highest BCUT2D eigenvalue weighted by molar-refractivity contribution is 9.09. The van der Waals surface area contributed by atoms with E-state index in [4.69, 9.17) is 9.57 Å². The van der Waals surface area contributed by atoms with E-state index < -0.39 is 0 Å². The lowest BCUT2D eigenvalue weighted by molar-refractivity contribution is -0.141. The van der Waals surface area contributed by atoms with Gasteiger partial charge in [0.05, 0.1) is 5.71 Å². The molecule has 0 aromatic heterocycles. The predicted molar refractivity (Wildman–Crippen MR) is 69.3 cm³/mol. The Morgan fingerprint density at radius 1 is 1.35 bits per heavy atom. The van der Waals surface area contributed by atoms with Crippen LogP contribution in [0.4, 0.5) is 0 Å². The van der Waals surface area contributed by atoms with E-state index in [-0.39, 0.29) is 17.9 Å². The molecule has 0 aliphatic heterocycles. The fraction of sp³-hybridized carbons (Fsp3) is 0.333. The maximum Gasteiger partial charge on any atom is 0.316 e. The topological polar surface area (TPSA) is 47.9 Å². The minimum Gasteiger partial charge on any atom is -0.460 e. The van der Waals surface area contributed by atoms with Crippen LogP contribution in [0.15, 0.2) is 29.4 Å². The summed E-state index contributed by atoms with van der Waals surface area (Å²) >= 11 is 3.03.